The number of rotatable bonds is 9. The number of imidazole rings is 1. The van der Waals surface area contributed by atoms with Crippen LogP contribution in [0.15, 0.2) is 12.5 Å². The highest BCUT2D eigenvalue weighted by molar-refractivity contribution is 5.03. The van der Waals surface area contributed by atoms with E-state index in [-0.39, 0.29) is 0 Å². The topological polar surface area (TPSA) is 39.1 Å². The van der Waals surface area contributed by atoms with Crippen molar-refractivity contribution in [1.29, 1.82) is 0 Å². The summed E-state index contributed by atoms with van der Waals surface area (Å²) >= 11 is 0. The molecular weight excluding hydrogens is 214 g/mol. The molecule has 17 heavy (non-hydrogen) atoms. The minimum atomic E-state index is 0.732. The molecular formula is C13H23N3O. The van der Waals surface area contributed by atoms with Crippen molar-refractivity contribution < 1.29 is 4.74 Å². The van der Waals surface area contributed by atoms with Gasteiger partial charge >= 0.3 is 0 Å². The average Bonchev–Trinajstić information content (AvgIpc) is 3.08. The van der Waals surface area contributed by atoms with Crippen LogP contribution >= 0.6 is 0 Å². The Kier molecular flexibility index (Phi) is 5.01. The molecule has 0 aliphatic heterocycles. The van der Waals surface area contributed by atoms with E-state index in [1.807, 2.05) is 12.5 Å². The number of methoxy groups -OCH3 is 1. The van der Waals surface area contributed by atoms with Crippen LogP contribution in [0, 0.1) is 0 Å². The maximum Gasteiger partial charge on any atom is 0.0951 e. The van der Waals surface area contributed by atoms with Crippen molar-refractivity contribution >= 4 is 0 Å². The Morgan fingerprint density at radius 2 is 2.29 bits per heavy atom. The molecule has 2 rings (SSSR count). The Labute approximate surface area is 103 Å². The van der Waals surface area contributed by atoms with Crippen LogP contribution < -0.4 is 5.32 Å². The number of nitrogens with zero attached hydrogens (tertiary/aromatic N) is 2. The molecule has 0 unspecified atom stereocenters. The number of hydrogen-bond acceptors (Lipinski definition) is 3. The van der Waals surface area contributed by atoms with E-state index in [2.05, 4.69) is 14.9 Å². The second-order valence-corrected chi connectivity index (χ2v) is 4.75. The van der Waals surface area contributed by atoms with Gasteiger partial charge in [0.1, 0.15) is 0 Å². The molecule has 0 radical (unpaired) electrons. The summed E-state index contributed by atoms with van der Waals surface area (Å²) in [7, 11) is 1.76. The predicted molar refractivity (Wildman–Crippen MR) is 67.9 cm³/mol. The second kappa shape index (κ2) is 6.77. The van der Waals surface area contributed by atoms with Crippen LogP contribution in [0.25, 0.3) is 0 Å². The van der Waals surface area contributed by atoms with Crippen molar-refractivity contribution in [2.75, 3.05) is 20.3 Å². The van der Waals surface area contributed by atoms with E-state index in [1.165, 1.54) is 31.4 Å². The number of hydrogen-bond donors (Lipinski definition) is 1. The van der Waals surface area contributed by atoms with Crippen molar-refractivity contribution in [1.82, 2.24) is 14.9 Å². The third-order valence-electron chi connectivity index (χ3n) is 3.19. The van der Waals surface area contributed by atoms with Gasteiger partial charge in [-0.05, 0) is 38.6 Å². The summed E-state index contributed by atoms with van der Waals surface area (Å²) in [4.78, 5) is 4.23. The molecule has 4 heteroatoms. The molecule has 0 spiro atoms. The first kappa shape index (κ1) is 12.6. The third kappa shape index (κ3) is 4.13. The van der Waals surface area contributed by atoms with Gasteiger partial charge in [-0.1, -0.05) is 0 Å². The first-order chi connectivity index (χ1) is 8.42. The van der Waals surface area contributed by atoms with E-state index in [4.69, 9.17) is 4.74 Å². The van der Waals surface area contributed by atoms with Crippen LogP contribution in [0.4, 0.5) is 0 Å². The second-order valence-electron chi connectivity index (χ2n) is 4.75. The monoisotopic (exact) mass is 237 g/mol. The highest BCUT2D eigenvalue weighted by atomic mass is 16.5. The summed E-state index contributed by atoms with van der Waals surface area (Å²) in [6.07, 6.45) is 10.2. The van der Waals surface area contributed by atoms with Gasteiger partial charge in [0.15, 0.2) is 0 Å². The lowest BCUT2D eigenvalue weighted by molar-refractivity contribution is 0.192. The highest BCUT2D eigenvalue weighted by Gasteiger charge is 2.24. The molecule has 0 bridgehead atoms. The zero-order chi connectivity index (χ0) is 11.9. The molecule has 1 aliphatic rings. The fraction of sp³-hybridized carbons (Fsp3) is 0.769. The normalized spacial score (nSPS) is 15.4. The quantitative estimate of drug-likeness (QED) is 0.669. The van der Waals surface area contributed by atoms with Gasteiger partial charge in [0.25, 0.3) is 0 Å². The largest absolute Gasteiger partial charge is 0.385 e. The Balaban J connectivity index is 1.56. The van der Waals surface area contributed by atoms with E-state index in [0.29, 0.717) is 0 Å². The number of aromatic nitrogens is 2. The molecule has 0 aromatic carbocycles. The smallest absolute Gasteiger partial charge is 0.0951 e. The number of nitrogens with one attached hydrogen (secondary N) is 1. The summed E-state index contributed by atoms with van der Waals surface area (Å²) in [5, 5.41) is 3.49. The first-order valence-electron chi connectivity index (χ1n) is 6.62. The average molecular weight is 237 g/mol. The van der Waals surface area contributed by atoms with Crippen LogP contribution in [-0.2, 0) is 11.3 Å². The lowest BCUT2D eigenvalue weighted by Gasteiger charge is -2.07. The molecule has 1 heterocycles. The summed E-state index contributed by atoms with van der Waals surface area (Å²) in [6.45, 7) is 2.91. The maximum absolute atomic E-state index is 5.02. The molecule has 1 aromatic rings. The van der Waals surface area contributed by atoms with Gasteiger partial charge in [-0.15, -0.1) is 0 Å². The molecule has 1 N–H and O–H groups in total. The minimum Gasteiger partial charge on any atom is -0.385 e. The Morgan fingerprint density at radius 1 is 1.41 bits per heavy atom. The lowest BCUT2D eigenvalue weighted by Crippen LogP contribution is -2.17. The summed E-state index contributed by atoms with van der Waals surface area (Å²) in [5.41, 5.74) is 1.32. The van der Waals surface area contributed by atoms with Crippen molar-refractivity contribution in [2.24, 2.45) is 0 Å². The Hall–Kier alpha value is -0.870. The zero-order valence-corrected chi connectivity index (χ0v) is 10.7. The van der Waals surface area contributed by atoms with Crippen LogP contribution in [-0.4, -0.2) is 29.8 Å². The summed E-state index contributed by atoms with van der Waals surface area (Å²) in [6, 6.07) is 0.732. The van der Waals surface area contributed by atoms with Gasteiger partial charge in [0, 0.05) is 32.5 Å². The molecule has 1 aliphatic carbocycles. The highest BCUT2D eigenvalue weighted by Crippen LogP contribution is 2.35. The molecule has 0 saturated heterocycles. The standard InChI is InChI=1S/C13H23N3O/c1-17-8-4-2-3-7-14-9-13-10-15-11-16(13)12-5-6-12/h10-12,14H,2-9H2,1H3. The van der Waals surface area contributed by atoms with Gasteiger partial charge in [-0.3, -0.25) is 0 Å². The van der Waals surface area contributed by atoms with Gasteiger partial charge in [0.05, 0.1) is 12.0 Å². The number of unbranched alkanes of at least 4 members (excludes halogenated alkanes) is 2. The number of ether oxygens (including phenoxy) is 1. The van der Waals surface area contributed by atoms with Gasteiger partial charge in [0.2, 0.25) is 0 Å². The van der Waals surface area contributed by atoms with Gasteiger partial charge in [-0.2, -0.15) is 0 Å². The van der Waals surface area contributed by atoms with E-state index >= 15 is 0 Å². The SMILES string of the molecule is COCCCCCNCc1cncn1C1CC1. The molecule has 1 saturated carbocycles. The zero-order valence-electron chi connectivity index (χ0n) is 10.7. The summed E-state index contributed by atoms with van der Waals surface area (Å²) < 4.78 is 7.34. The summed E-state index contributed by atoms with van der Waals surface area (Å²) in [5.74, 6) is 0. The molecule has 1 aromatic heterocycles. The fourth-order valence-electron chi connectivity index (χ4n) is 2.04. The fourth-order valence-corrected chi connectivity index (χ4v) is 2.04. The minimum absolute atomic E-state index is 0.732. The molecule has 0 atom stereocenters. The van der Waals surface area contributed by atoms with Crippen LogP contribution in [0.3, 0.4) is 0 Å². The van der Waals surface area contributed by atoms with E-state index in [9.17, 15) is 0 Å². The first-order valence-corrected chi connectivity index (χ1v) is 6.62. The van der Waals surface area contributed by atoms with Crippen LogP contribution in [0.2, 0.25) is 0 Å². The third-order valence-corrected chi connectivity index (χ3v) is 3.19. The van der Waals surface area contributed by atoms with Gasteiger partial charge in [-0.25, -0.2) is 4.98 Å². The lowest BCUT2D eigenvalue weighted by atomic mass is 10.2. The molecule has 0 amide bonds. The van der Waals surface area contributed by atoms with E-state index in [0.717, 1.165) is 32.2 Å². The molecule has 96 valence electrons. The predicted octanol–water partition coefficient (Wildman–Crippen LogP) is 2.12. The van der Waals surface area contributed by atoms with Crippen molar-refractivity contribution in [3.63, 3.8) is 0 Å². The molecule has 1 fully saturated rings. The molecule has 4 nitrogen and oxygen atoms in total. The van der Waals surface area contributed by atoms with Crippen molar-refractivity contribution in [3.8, 4) is 0 Å². The van der Waals surface area contributed by atoms with Crippen molar-refractivity contribution in [3.05, 3.63) is 18.2 Å². The Morgan fingerprint density at radius 3 is 3.06 bits per heavy atom. The maximum atomic E-state index is 5.02. The van der Waals surface area contributed by atoms with E-state index < -0.39 is 0 Å². The van der Waals surface area contributed by atoms with Crippen LogP contribution in [0.1, 0.15) is 43.8 Å². The van der Waals surface area contributed by atoms with Crippen molar-refractivity contribution in [2.45, 2.75) is 44.7 Å². The Bertz CT molecular complexity index is 320. The van der Waals surface area contributed by atoms with E-state index in [1.54, 1.807) is 7.11 Å². The van der Waals surface area contributed by atoms with Crippen LogP contribution in [0.5, 0.6) is 0 Å². The van der Waals surface area contributed by atoms with Gasteiger partial charge < -0.3 is 14.6 Å².